The summed E-state index contributed by atoms with van der Waals surface area (Å²) in [6, 6.07) is 18.7. The van der Waals surface area contributed by atoms with Crippen molar-refractivity contribution >= 4 is 19.9 Å². The Kier molecular flexibility index (Phi) is 6.54. The van der Waals surface area contributed by atoms with Crippen LogP contribution in [0.3, 0.4) is 0 Å². The highest BCUT2D eigenvalue weighted by Crippen LogP contribution is 2.44. The molecule has 0 saturated heterocycles. The first-order valence-electron chi connectivity index (χ1n) is 11.7. The molecule has 0 aromatic heterocycles. The van der Waals surface area contributed by atoms with Crippen molar-refractivity contribution in [1.82, 2.24) is 5.32 Å². The van der Waals surface area contributed by atoms with Crippen LogP contribution in [-0.2, 0) is 11.3 Å². The van der Waals surface area contributed by atoms with Crippen LogP contribution in [0.2, 0.25) is 19.6 Å². The number of carbonyl (C=O) groups excluding carboxylic acids is 1. The maximum atomic E-state index is 12.6. The van der Waals surface area contributed by atoms with Crippen LogP contribution in [0, 0.1) is 25.3 Å². The van der Waals surface area contributed by atoms with Crippen molar-refractivity contribution in [2.24, 2.45) is 0 Å². The number of alkyl carbamates (subject to hydrolysis) is 1. The molecule has 0 heterocycles. The predicted octanol–water partition coefficient (Wildman–Crippen LogP) is 6.15. The second-order valence-electron chi connectivity index (χ2n) is 9.93. The summed E-state index contributed by atoms with van der Waals surface area (Å²) in [5.74, 6) is 3.36. The normalized spacial score (nSPS) is 12.4. The van der Waals surface area contributed by atoms with E-state index in [0.29, 0.717) is 13.2 Å². The van der Waals surface area contributed by atoms with Gasteiger partial charge in [0.1, 0.15) is 14.7 Å². The molecule has 3 aromatic carbocycles. The number of benzene rings is 3. The SMILES string of the molecule is Cc1c(C#C[Si](C)(C)C)cc(CNC(=O)OCC2c3ccccc3-c3ccccc32)c(C)c1N. The van der Waals surface area contributed by atoms with Crippen molar-refractivity contribution in [3.8, 4) is 22.6 Å². The third-order valence-electron chi connectivity index (χ3n) is 6.35. The molecule has 0 atom stereocenters. The van der Waals surface area contributed by atoms with Crippen molar-refractivity contribution in [3.63, 3.8) is 0 Å². The van der Waals surface area contributed by atoms with Gasteiger partial charge in [-0.05, 0) is 58.9 Å². The molecular formula is C29H32N2O2Si. The molecule has 1 aliphatic rings. The lowest BCUT2D eigenvalue weighted by Crippen LogP contribution is -2.26. The van der Waals surface area contributed by atoms with Gasteiger partial charge >= 0.3 is 6.09 Å². The van der Waals surface area contributed by atoms with Crippen molar-refractivity contribution in [3.05, 3.63) is 88.0 Å². The molecule has 0 fully saturated rings. The smallest absolute Gasteiger partial charge is 0.407 e. The number of ether oxygens (including phenoxy) is 1. The zero-order valence-electron chi connectivity index (χ0n) is 20.6. The van der Waals surface area contributed by atoms with E-state index < -0.39 is 14.2 Å². The van der Waals surface area contributed by atoms with Crippen LogP contribution >= 0.6 is 0 Å². The van der Waals surface area contributed by atoms with E-state index in [9.17, 15) is 4.79 Å². The zero-order valence-corrected chi connectivity index (χ0v) is 21.6. The second kappa shape index (κ2) is 9.40. The van der Waals surface area contributed by atoms with Gasteiger partial charge in [0.25, 0.3) is 0 Å². The Morgan fingerprint density at radius 1 is 1.00 bits per heavy atom. The lowest BCUT2D eigenvalue weighted by Gasteiger charge is -2.16. The molecule has 1 amide bonds. The topological polar surface area (TPSA) is 64.3 Å². The summed E-state index contributed by atoms with van der Waals surface area (Å²) in [6.45, 7) is 11.3. The number of nitrogens with one attached hydrogen (secondary N) is 1. The van der Waals surface area contributed by atoms with E-state index in [1.807, 2.05) is 44.2 Å². The summed E-state index contributed by atoms with van der Waals surface area (Å²) in [5.41, 5.74) is 19.2. The van der Waals surface area contributed by atoms with Crippen molar-refractivity contribution < 1.29 is 9.53 Å². The molecule has 3 aromatic rings. The van der Waals surface area contributed by atoms with Gasteiger partial charge in [-0.25, -0.2) is 4.79 Å². The van der Waals surface area contributed by atoms with Crippen molar-refractivity contribution in [2.45, 2.75) is 46.0 Å². The molecule has 0 aliphatic heterocycles. The van der Waals surface area contributed by atoms with Crippen LogP contribution in [0.25, 0.3) is 11.1 Å². The van der Waals surface area contributed by atoms with Gasteiger partial charge in [-0.3, -0.25) is 0 Å². The zero-order chi connectivity index (χ0) is 24.5. The largest absolute Gasteiger partial charge is 0.449 e. The Morgan fingerprint density at radius 3 is 2.18 bits per heavy atom. The van der Waals surface area contributed by atoms with Gasteiger partial charge in [0, 0.05) is 23.7 Å². The van der Waals surface area contributed by atoms with Crippen LogP contribution in [0.15, 0.2) is 54.6 Å². The fraction of sp³-hybridized carbons (Fsp3) is 0.276. The number of nitrogens with two attached hydrogens (primary N) is 1. The fourth-order valence-corrected chi connectivity index (χ4v) is 4.88. The molecule has 34 heavy (non-hydrogen) atoms. The molecule has 0 unspecified atom stereocenters. The van der Waals surface area contributed by atoms with Crippen LogP contribution in [0.1, 0.15) is 39.3 Å². The summed E-state index contributed by atoms with van der Waals surface area (Å²) in [5, 5.41) is 2.90. The van der Waals surface area contributed by atoms with E-state index in [1.54, 1.807) is 0 Å². The number of hydrogen-bond donors (Lipinski definition) is 2. The molecule has 5 heteroatoms. The Morgan fingerprint density at radius 2 is 1.59 bits per heavy atom. The molecule has 174 valence electrons. The Balaban J connectivity index is 1.45. The average molecular weight is 469 g/mol. The second-order valence-corrected chi connectivity index (χ2v) is 14.7. The molecule has 0 bridgehead atoms. The Bertz CT molecular complexity index is 1270. The first-order chi connectivity index (χ1) is 16.2. The minimum absolute atomic E-state index is 0.0401. The summed E-state index contributed by atoms with van der Waals surface area (Å²) in [7, 11) is -1.51. The van der Waals surface area contributed by atoms with Crippen molar-refractivity contribution in [2.75, 3.05) is 12.3 Å². The molecular weight excluding hydrogens is 436 g/mol. The Hall–Kier alpha value is -3.49. The summed E-state index contributed by atoms with van der Waals surface area (Å²) < 4.78 is 5.67. The highest BCUT2D eigenvalue weighted by Gasteiger charge is 2.29. The maximum absolute atomic E-state index is 12.6. The van der Waals surface area contributed by atoms with Gasteiger partial charge in [-0.2, -0.15) is 0 Å². The molecule has 0 spiro atoms. The molecule has 0 radical (unpaired) electrons. The van der Waals surface area contributed by atoms with Crippen LogP contribution in [-0.4, -0.2) is 20.8 Å². The highest BCUT2D eigenvalue weighted by atomic mass is 28.3. The highest BCUT2D eigenvalue weighted by molar-refractivity contribution is 6.83. The number of fused-ring (bicyclic) bond motifs is 3. The molecule has 1 aliphatic carbocycles. The van der Waals surface area contributed by atoms with Gasteiger partial charge in [0.2, 0.25) is 0 Å². The Labute approximate surface area is 203 Å². The van der Waals surface area contributed by atoms with E-state index in [1.165, 1.54) is 22.3 Å². The third-order valence-corrected chi connectivity index (χ3v) is 7.23. The lowest BCUT2D eigenvalue weighted by atomic mass is 9.97. The van der Waals surface area contributed by atoms with Crippen LogP contribution in [0.5, 0.6) is 0 Å². The first-order valence-corrected chi connectivity index (χ1v) is 15.2. The van der Waals surface area contributed by atoms with Crippen molar-refractivity contribution in [1.29, 1.82) is 0 Å². The quantitative estimate of drug-likeness (QED) is 0.274. The van der Waals surface area contributed by atoms with Gasteiger partial charge in [-0.1, -0.05) is 74.1 Å². The maximum Gasteiger partial charge on any atom is 0.407 e. The van der Waals surface area contributed by atoms with E-state index in [-0.39, 0.29) is 5.92 Å². The third kappa shape index (κ3) is 4.88. The van der Waals surface area contributed by atoms with Crippen LogP contribution < -0.4 is 11.1 Å². The van der Waals surface area contributed by atoms with E-state index in [4.69, 9.17) is 10.5 Å². The molecule has 4 rings (SSSR count). The number of hydrogen-bond acceptors (Lipinski definition) is 3. The number of anilines is 1. The number of rotatable bonds is 4. The minimum Gasteiger partial charge on any atom is -0.449 e. The summed E-state index contributed by atoms with van der Waals surface area (Å²) in [6.07, 6.45) is -0.435. The van der Waals surface area contributed by atoms with Gasteiger partial charge in [-0.15, -0.1) is 5.54 Å². The summed E-state index contributed by atoms with van der Waals surface area (Å²) in [4.78, 5) is 12.6. The summed E-state index contributed by atoms with van der Waals surface area (Å²) >= 11 is 0. The lowest BCUT2D eigenvalue weighted by molar-refractivity contribution is 0.142. The molecule has 4 nitrogen and oxygen atoms in total. The van der Waals surface area contributed by atoms with E-state index >= 15 is 0 Å². The molecule has 0 saturated carbocycles. The monoisotopic (exact) mass is 468 g/mol. The standard InChI is InChI=1S/C29H32N2O2Si/c1-19-21(14-15-34(3,4)5)16-22(20(2)28(19)30)17-31-29(32)33-18-27-25-12-8-6-10-23(25)24-11-7-9-13-26(24)27/h6-13,16,27H,17-18,30H2,1-5H3,(H,31,32). The van der Waals surface area contributed by atoms with Gasteiger partial charge in [0.05, 0.1) is 0 Å². The van der Waals surface area contributed by atoms with E-state index in [2.05, 4.69) is 60.7 Å². The van der Waals surface area contributed by atoms with E-state index in [0.717, 1.165) is 27.9 Å². The predicted molar refractivity (Wildman–Crippen MR) is 142 cm³/mol. The fourth-order valence-electron chi connectivity index (χ4n) is 4.38. The number of amides is 1. The number of nitrogen functional groups attached to an aromatic ring is 1. The molecule has 3 N–H and O–H groups in total. The first kappa shape index (κ1) is 23.7. The van der Waals surface area contributed by atoms with Gasteiger partial charge < -0.3 is 15.8 Å². The average Bonchev–Trinajstić information content (AvgIpc) is 3.13. The van der Waals surface area contributed by atoms with Gasteiger partial charge in [0.15, 0.2) is 0 Å². The number of carbonyl (C=O) groups is 1. The van der Waals surface area contributed by atoms with Crippen LogP contribution in [0.4, 0.5) is 10.5 Å². The minimum atomic E-state index is -1.51.